The van der Waals surface area contributed by atoms with Crippen molar-refractivity contribution in [2.75, 3.05) is 20.8 Å². The highest BCUT2D eigenvalue weighted by atomic mass is 16.5. The fourth-order valence-corrected chi connectivity index (χ4v) is 5.67. The summed E-state index contributed by atoms with van der Waals surface area (Å²) in [5.41, 5.74) is 6.15. The number of fused-ring (bicyclic) bond motifs is 1. The van der Waals surface area contributed by atoms with Crippen LogP contribution in [0.15, 0.2) is 66.7 Å². The summed E-state index contributed by atoms with van der Waals surface area (Å²) >= 11 is 0. The Hall–Kier alpha value is -3.60. The minimum absolute atomic E-state index is 0.0863. The summed E-state index contributed by atoms with van der Waals surface area (Å²) in [6.07, 6.45) is 1.36. The lowest BCUT2D eigenvalue weighted by atomic mass is 9.59. The predicted molar refractivity (Wildman–Crippen MR) is 131 cm³/mol. The Morgan fingerprint density at radius 2 is 1.44 bits per heavy atom. The molecule has 0 aliphatic heterocycles. The maximum absolute atomic E-state index is 12.6. The quantitative estimate of drug-likeness (QED) is 0.481. The number of hydrogen-bond acceptors (Lipinski definition) is 4. The van der Waals surface area contributed by atoms with E-state index in [1.54, 1.807) is 25.3 Å². The molecule has 1 unspecified atom stereocenters. The fraction of sp³-hybridized carbons (Fsp3) is 0.310. The molecule has 0 fully saturated rings. The lowest BCUT2D eigenvalue weighted by Crippen LogP contribution is -2.39. The number of benzene rings is 3. The van der Waals surface area contributed by atoms with Crippen LogP contribution in [-0.4, -0.2) is 32.5 Å². The number of nitrogens with one attached hydrogen (secondary N) is 1. The molecule has 2 bridgehead atoms. The van der Waals surface area contributed by atoms with Crippen LogP contribution in [0.1, 0.15) is 63.7 Å². The van der Waals surface area contributed by atoms with Gasteiger partial charge in [0.2, 0.25) is 5.91 Å². The number of hydrogen-bond donors (Lipinski definition) is 1. The van der Waals surface area contributed by atoms with Crippen molar-refractivity contribution in [1.29, 1.82) is 0 Å². The van der Waals surface area contributed by atoms with Gasteiger partial charge in [-0.15, -0.1) is 0 Å². The summed E-state index contributed by atoms with van der Waals surface area (Å²) in [5.74, 6) is 1.93. The summed E-state index contributed by atoms with van der Waals surface area (Å²) < 4.78 is 10.5. The van der Waals surface area contributed by atoms with Crippen LogP contribution in [0.3, 0.4) is 0 Å². The third kappa shape index (κ3) is 3.96. The van der Waals surface area contributed by atoms with Crippen LogP contribution in [0.5, 0.6) is 11.5 Å². The zero-order valence-electron chi connectivity index (χ0n) is 19.5. The second kappa shape index (κ2) is 9.34. The van der Waals surface area contributed by atoms with E-state index in [-0.39, 0.29) is 24.5 Å². The maximum atomic E-state index is 12.6. The normalized spacial score (nSPS) is 19.6. The molecule has 0 heterocycles. The largest absolute Gasteiger partial charge is 0.493 e. The number of amides is 1. The van der Waals surface area contributed by atoms with Gasteiger partial charge in [0.05, 0.1) is 14.2 Å². The van der Waals surface area contributed by atoms with E-state index in [4.69, 9.17) is 9.47 Å². The van der Waals surface area contributed by atoms with Crippen LogP contribution < -0.4 is 14.8 Å². The first-order chi connectivity index (χ1) is 16.6. The van der Waals surface area contributed by atoms with Gasteiger partial charge in [0.1, 0.15) is 0 Å². The fourth-order valence-electron chi connectivity index (χ4n) is 5.67. The van der Waals surface area contributed by atoms with Gasteiger partial charge in [-0.1, -0.05) is 48.5 Å². The van der Waals surface area contributed by atoms with E-state index in [0.717, 1.165) is 6.42 Å². The molecule has 3 aliphatic rings. The Morgan fingerprint density at radius 3 is 2.06 bits per heavy atom. The number of ether oxygens (including phenoxy) is 2. The van der Waals surface area contributed by atoms with Crippen molar-refractivity contribution in [3.8, 4) is 11.5 Å². The molecule has 1 N–H and O–H groups in total. The third-order valence-corrected chi connectivity index (χ3v) is 7.27. The number of carbonyl (C=O) groups is 2. The molecule has 0 saturated carbocycles. The van der Waals surface area contributed by atoms with Gasteiger partial charge in [-0.3, -0.25) is 9.59 Å². The molecule has 1 atom stereocenters. The minimum Gasteiger partial charge on any atom is -0.493 e. The van der Waals surface area contributed by atoms with Crippen LogP contribution in [0.2, 0.25) is 0 Å². The van der Waals surface area contributed by atoms with Crippen molar-refractivity contribution in [2.45, 2.75) is 31.1 Å². The topological polar surface area (TPSA) is 64.6 Å². The summed E-state index contributed by atoms with van der Waals surface area (Å²) in [4.78, 5) is 25.3. The number of ketones is 1. The first-order valence-corrected chi connectivity index (χ1v) is 11.8. The van der Waals surface area contributed by atoms with Crippen molar-refractivity contribution >= 4 is 11.7 Å². The molecule has 1 amide bonds. The highest BCUT2D eigenvalue weighted by Gasteiger charge is 2.42. The average Bonchev–Trinajstić information content (AvgIpc) is 2.90. The van der Waals surface area contributed by atoms with E-state index in [1.165, 1.54) is 29.4 Å². The summed E-state index contributed by atoms with van der Waals surface area (Å²) in [5, 5.41) is 3.11. The van der Waals surface area contributed by atoms with Crippen molar-refractivity contribution < 1.29 is 19.1 Å². The predicted octanol–water partition coefficient (Wildman–Crippen LogP) is 5.08. The Morgan fingerprint density at radius 1 is 0.824 bits per heavy atom. The third-order valence-electron chi connectivity index (χ3n) is 7.27. The molecule has 174 valence electrons. The number of Topliss-reactive ketones (excluding diaryl/α,β-unsaturated/α-hetero) is 1. The highest BCUT2D eigenvalue weighted by molar-refractivity contribution is 5.98. The van der Waals surface area contributed by atoms with Crippen LogP contribution in [0, 0.1) is 5.92 Å². The first-order valence-electron chi connectivity index (χ1n) is 11.8. The number of methoxy groups -OCH3 is 2. The molecule has 3 aromatic rings. The van der Waals surface area contributed by atoms with E-state index >= 15 is 0 Å². The van der Waals surface area contributed by atoms with Gasteiger partial charge in [-0.2, -0.15) is 0 Å². The molecule has 0 spiro atoms. The van der Waals surface area contributed by atoms with Crippen molar-refractivity contribution in [1.82, 2.24) is 5.32 Å². The standard InChI is InChI=1S/C29H29NO4/c1-33-26-13-11-18(16-27(26)34-2)25(31)12-14-28(32)30-17-19-15-24-20-7-3-5-9-22(20)29(19)23-10-6-4-8-21(23)24/h3-11,13,16,19,24,29H,12,14-15,17H2,1-2H3,(H,30,32). The SMILES string of the molecule is COc1ccc(C(=O)CCC(=O)NCC2CC3c4ccccc4C2c2ccccc23)cc1OC. The van der Waals surface area contributed by atoms with Gasteiger partial charge in [0, 0.05) is 36.8 Å². The summed E-state index contributed by atoms with van der Waals surface area (Å²) in [7, 11) is 3.09. The average molecular weight is 456 g/mol. The Kier molecular flexibility index (Phi) is 6.10. The van der Waals surface area contributed by atoms with Gasteiger partial charge < -0.3 is 14.8 Å². The maximum Gasteiger partial charge on any atom is 0.220 e. The Bertz CT molecular complexity index is 1190. The van der Waals surface area contributed by atoms with Gasteiger partial charge in [0.15, 0.2) is 17.3 Å². The van der Waals surface area contributed by atoms with Crippen molar-refractivity contribution in [3.05, 3.63) is 94.5 Å². The van der Waals surface area contributed by atoms with Crippen LogP contribution in [-0.2, 0) is 4.79 Å². The highest BCUT2D eigenvalue weighted by Crippen LogP contribution is 2.55. The second-order valence-corrected chi connectivity index (χ2v) is 9.08. The second-order valence-electron chi connectivity index (χ2n) is 9.08. The van der Waals surface area contributed by atoms with Gasteiger partial charge >= 0.3 is 0 Å². The van der Waals surface area contributed by atoms with E-state index in [2.05, 4.69) is 53.8 Å². The molecule has 5 nitrogen and oxygen atoms in total. The van der Waals surface area contributed by atoms with E-state index in [1.807, 2.05) is 0 Å². The molecule has 6 rings (SSSR count). The van der Waals surface area contributed by atoms with Gasteiger partial charge in [-0.25, -0.2) is 0 Å². The molecular weight excluding hydrogens is 426 g/mol. The Balaban J connectivity index is 1.22. The first kappa shape index (κ1) is 22.2. The molecule has 3 aliphatic carbocycles. The van der Waals surface area contributed by atoms with Crippen molar-refractivity contribution in [3.63, 3.8) is 0 Å². The Labute approximate surface area is 200 Å². The molecule has 0 saturated heterocycles. The smallest absolute Gasteiger partial charge is 0.220 e. The van der Waals surface area contributed by atoms with Gasteiger partial charge in [0.25, 0.3) is 0 Å². The van der Waals surface area contributed by atoms with E-state index in [9.17, 15) is 9.59 Å². The lowest BCUT2D eigenvalue weighted by molar-refractivity contribution is -0.121. The zero-order chi connectivity index (χ0) is 23.7. The minimum atomic E-state index is -0.0873. The van der Waals surface area contributed by atoms with E-state index < -0.39 is 0 Å². The molecule has 0 aromatic heterocycles. The van der Waals surface area contributed by atoms with Crippen LogP contribution in [0.4, 0.5) is 0 Å². The molecule has 34 heavy (non-hydrogen) atoms. The van der Waals surface area contributed by atoms with Gasteiger partial charge in [-0.05, 0) is 52.8 Å². The number of rotatable bonds is 8. The number of carbonyl (C=O) groups excluding carboxylic acids is 2. The van der Waals surface area contributed by atoms with E-state index in [0.29, 0.717) is 41.4 Å². The molecule has 0 radical (unpaired) electrons. The molecule has 3 aromatic carbocycles. The van der Waals surface area contributed by atoms with Crippen LogP contribution >= 0.6 is 0 Å². The lowest BCUT2D eigenvalue weighted by Gasteiger charge is -2.45. The summed E-state index contributed by atoms with van der Waals surface area (Å²) in [6.45, 7) is 0.618. The van der Waals surface area contributed by atoms with Crippen LogP contribution in [0.25, 0.3) is 0 Å². The van der Waals surface area contributed by atoms with Crippen molar-refractivity contribution in [2.24, 2.45) is 5.92 Å². The summed E-state index contributed by atoms with van der Waals surface area (Å²) in [6, 6.07) is 22.5. The zero-order valence-corrected chi connectivity index (χ0v) is 19.5. The molecular formula is C29H29NO4. The monoisotopic (exact) mass is 455 g/mol. The molecule has 5 heteroatoms.